The molecule has 1 heterocycles. The van der Waals surface area contributed by atoms with E-state index in [-0.39, 0.29) is 19.6 Å². The largest absolute Gasteiger partial charge is 0.445 e. The standard InChI is InChI=1S/C13H19N4O7PS/c14-25(20,16-26(21,22)23)17-8-4-7-11(12(17)18)15-13(19)24-9-10-5-2-1-3-6-10/h1-3,5-6,11H,4,7-9H2,(H,15,19)(H3,14,16,20)(H,21,22,23). The molecule has 1 aliphatic heterocycles. The Bertz CT molecular complexity index is 817. The summed E-state index contributed by atoms with van der Waals surface area (Å²) in [6, 6.07) is 7.80. The SMILES string of the molecule is NP(=O)(NS(=O)(=O)O)N1CCCC(NC(=O)OCc2ccccc2)C1=O. The number of amides is 2. The maximum absolute atomic E-state index is 12.4. The van der Waals surface area contributed by atoms with E-state index in [0.29, 0.717) is 11.1 Å². The van der Waals surface area contributed by atoms with Gasteiger partial charge in [0.25, 0.3) is 5.91 Å². The van der Waals surface area contributed by atoms with Gasteiger partial charge >= 0.3 is 24.0 Å². The molecule has 1 aromatic rings. The average Bonchev–Trinajstić information content (AvgIpc) is 2.53. The van der Waals surface area contributed by atoms with Gasteiger partial charge in [-0.15, -0.1) is 4.49 Å². The molecule has 1 fully saturated rings. The number of hydrogen-bond acceptors (Lipinski definition) is 6. The molecule has 11 nitrogen and oxygen atoms in total. The average molecular weight is 406 g/mol. The number of benzene rings is 1. The summed E-state index contributed by atoms with van der Waals surface area (Å²) in [5.41, 5.74) is 6.11. The monoisotopic (exact) mass is 406 g/mol. The molecule has 2 unspecified atom stereocenters. The highest BCUT2D eigenvalue weighted by Gasteiger charge is 2.40. The van der Waals surface area contributed by atoms with Gasteiger partial charge in [-0.1, -0.05) is 30.3 Å². The van der Waals surface area contributed by atoms with Crippen LogP contribution in [-0.2, 0) is 31.0 Å². The van der Waals surface area contributed by atoms with E-state index >= 15 is 0 Å². The number of carbonyl (C=O) groups excluding carboxylic acids is 2. The van der Waals surface area contributed by atoms with E-state index in [2.05, 4.69) is 5.32 Å². The van der Waals surface area contributed by atoms with Crippen LogP contribution in [0.4, 0.5) is 4.79 Å². The summed E-state index contributed by atoms with van der Waals surface area (Å²) >= 11 is 0. The van der Waals surface area contributed by atoms with E-state index in [4.69, 9.17) is 14.8 Å². The van der Waals surface area contributed by atoms with Gasteiger partial charge in [0.05, 0.1) is 0 Å². The quantitative estimate of drug-likeness (QED) is 0.388. The summed E-state index contributed by atoms with van der Waals surface area (Å²) in [7, 11) is -9.26. The number of hydrogen-bond donors (Lipinski definition) is 4. The van der Waals surface area contributed by atoms with Gasteiger partial charge in [-0.2, -0.15) is 8.42 Å². The van der Waals surface area contributed by atoms with Gasteiger partial charge in [-0.05, 0) is 18.4 Å². The first kappa shape index (κ1) is 20.3. The van der Waals surface area contributed by atoms with Gasteiger partial charge in [0, 0.05) is 6.54 Å². The van der Waals surface area contributed by atoms with E-state index in [1.165, 1.54) is 4.49 Å². The van der Waals surface area contributed by atoms with Crippen molar-refractivity contribution in [2.75, 3.05) is 6.54 Å². The van der Waals surface area contributed by atoms with Crippen molar-refractivity contribution in [2.24, 2.45) is 5.50 Å². The Morgan fingerprint density at radius 1 is 1.38 bits per heavy atom. The number of alkyl carbamates (subject to hydrolysis) is 1. The highest BCUT2D eigenvalue weighted by molar-refractivity contribution is 7.90. The highest BCUT2D eigenvalue weighted by atomic mass is 32.2. The summed E-state index contributed by atoms with van der Waals surface area (Å²) in [5, 5.41) is 2.34. The molecule has 0 bridgehead atoms. The second-order valence-corrected chi connectivity index (χ2v) is 8.96. The van der Waals surface area contributed by atoms with Gasteiger partial charge in [0.1, 0.15) is 12.6 Å². The van der Waals surface area contributed by atoms with Crippen molar-refractivity contribution in [1.82, 2.24) is 14.5 Å². The maximum atomic E-state index is 12.4. The Balaban J connectivity index is 1.96. The van der Waals surface area contributed by atoms with Crippen LogP contribution in [-0.4, -0.2) is 42.2 Å². The molecule has 26 heavy (non-hydrogen) atoms. The van der Waals surface area contributed by atoms with Crippen molar-refractivity contribution in [3.05, 3.63) is 35.9 Å². The van der Waals surface area contributed by atoms with Crippen LogP contribution in [0.25, 0.3) is 0 Å². The molecule has 0 spiro atoms. The first-order valence-corrected chi connectivity index (χ1v) is 10.7. The summed E-state index contributed by atoms with van der Waals surface area (Å²) < 4.78 is 49.6. The zero-order chi connectivity index (χ0) is 19.4. The summed E-state index contributed by atoms with van der Waals surface area (Å²) in [4.78, 5) is 24.2. The Morgan fingerprint density at radius 2 is 2.04 bits per heavy atom. The van der Waals surface area contributed by atoms with E-state index in [9.17, 15) is 22.6 Å². The van der Waals surface area contributed by atoms with Crippen molar-refractivity contribution < 1.29 is 31.9 Å². The van der Waals surface area contributed by atoms with Crippen LogP contribution in [0.15, 0.2) is 30.3 Å². The molecule has 2 atom stereocenters. The van der Waals surface area contributed by atoms with Crippen molar-refractivity contribution in [3.63, 3.8) is 0 Å². The van der Waals surface area contributed by atoms with Gasteiger partial charge in [0.2, 0.25) is 0 Å². The minimum atomic E-state index is -4.88. The summed E-state index contributed by atoms with van der Waals surface area (Å²) in [6.45, 7) is -0.0939. The van der Waals surface area contributed by atoms with Crippen molar-refractivity contribution in [2.45, 2.75) is 25.5 Å². The first-order chi connectivity index (χ1) is 12.1. The fourth-order valence-corrected chi connectivity index (χ4v) is 5.00. The van der Waals surface area contributed by atoms with E-state index < -0.39 is 35.9 Å². The number of nitrogens with two attached hydrogens (primary N) is 1. The van der Waals surface area contributed by atoms with E-state index in [1.807, 2.05) is 6.07 Å². The summed E-state index contributed by atoms with van der Waals surface area (Å²) in [5.74, 6) is -0.838. The van der Waals surface area contributed by atoms with Gasteiger partial charge in [-0.25, -0.2) is 4.79 Å². The summed E-state index contributed by atoms with van der Waals surface area (Å²) in [6.07, 6.45) is -0.311. The molecule has 1 saturated heterocycles. The number of nitrogens with zero attached hydrogens (tertiary/aromatic N) is 1. The highest BCUT2D eigenvalue weighted by Crippen LogP contribution is 2.40. The Kier molecular flexibility index (Phi) is 6.37. The molecule has 1 aliphatic rings. The number of nitrogens with one attached hydrogen (secondary N) is 2. The van der Waals surface area contributed by atoms with E-state index in [0.717, 1.165) is 5.56 Å². The molecule has 0 aromatic heterocycles. The van der Waals surface area contributed by atoms with Crippen LogP contribution in [0, 0.1) is 0 Å². The second kappa shape index (κ2) is 8.14. The minimum Gasteiger partial charge on any atom is -0.445 e. The third kappa shape index (κ3) is 5.78. The number of ether oxygens (including phenoxy) is 1. The van der Waals surface area contributed by atoms with Crippen LogP contribution in [0.1, 0.15) is 18.4 Å². The van der Waals surface area contributed by atoms with Crippen molar-refractivity contribution in [1.29, 1.82) is 0 Å². The number of carbonyl (C=O) groups is 2. The fourth-order valence-electron chi connectivity index (χ4n) is 2.41. The van der Waals surface area contributed by atoms with Crippen molar-refractivity contribution >= 4 is 29.9 Å². The molecule has 13 heteroatoms. The predicted molar refractivity (Wildman–Crippen MR) is 91.0 cm³/mol. The van der Waals surface area contributed by atoms with Crippen LogP contribution < -0.4 is 15.3 Å². The zero-order valence-corrected chi connectivity index (χ0v) is 15.3. The number of rotatable bonds is 6. The topological polar surface area (TPSA) is 168 Å². The van der Waals surface area contributed by atoms with E-state index in [1.54, 1.807) is 24.3 Å². The molecular weight excluding hydrogens is 387 g/mol. The molecule has 5 N–H and O–H groups in total. The lowest BCUT2D eigenvalue weighted by molar-refractivity contribution is -0.130. The van der Waals surface area contributed by atoms with Crippen LogP contribution in [0.3, 0.4) is 0 Å². The molecule has 0 aliphatic carbocycles. The third-order valence-electron chi connectivity index (χ3n) is 3.52. The molecule has 144 valence electrons. The molecule has 0 saturated carbocycles. The Hall–Kier alpha value is -1.98. The number of piperidine rings is 1. The minimum absolute atomic E-state index is 0.00298. The van der Waals surface area contributed by atoms with Crippen LogP contribution >= 0.6 is 7.59 Å². The second-order valence-electron chi connectivity index (χ2n) is 5.55. The predicted octanol–water partition coefficient (Wildman–Crippen LogP) is 0.363. The fraction of sp³-hybridized carbons (Fsp3) is 0.385. The zero-order valence-electron chi connectivity index (χ0n) is 13.6. The van der Waals surface area contributed by atoms with Gasteiger partial charge < -0.3 is 10.1 Å². The molecule has 2 rings (SSSR count). The lowest BCUT2D eigenvalue weighted by Crippen LogP contribution is -2.53. The molecule has 1 aromatic carbocycles. The molecule has 0 radical (unpaired) electrons. The third-order valence-corrected chi connectivity index (χ3v) is 6.61. The Labute approximate surface area is 150 Å². The van der Waals surface area contributed by atoms with Crippen LogP contribution in [0.2, 0.25) is 0 Å². The lowest BCUT2D eigenvalue weighted by atomic mass is 10.1. The first-order valence-electron chi connectivity index (χ1n) is 7.53. The van der Waals surface area contributed by atoms with Crippen LogP contribution in [0.5, 0.6) is 0 Å². The Morgan fingerprint density at radius 3 is 2.65 bits per heavy atom. The van der Waals surface area contributed by atoms with Gasteiger partial charge in [-0.3, -0.25) is 24.1 Å². The smallest absolute Gasteiger partial charge is 0.408 e. The maximum Gasteiger partial charge on any atom is 0.408 e. The van der Waals surface area contributed by atoms with Gasteiger partial charge in [0.15, 0.2) is 0 Å². The molecule has 2 amide bonds. The van der Waals surface area contributed by atoms with Crippen molar-refractivity contribution in [3.8, 4) is 0 Å². The molecular formula is C13H19N4O7PS. The normalized spacial score (nSPS) is 20.3. The lowest BCUT2D eigenvalue weighted by Gasteiger charge is -2.35.